The lowest BCUT2D eigenvalue weighted by molar-refractivity contribution is 0.0854. The summed E-state index contributed by atoms with van der Waals surface area (Å²) in [6.45, 7) is 0. The molecular formula is C13H7Br2ClO2S. The molecule has 0 saturated heterocycles. The minimum Gasteiger partial charge on any atom is -0.484 e. The Morgan fingerprint density at radius 3 is 2.79 bits per heavy atom. The van der Waals surface area contributed by atoms with Crippen LogP contribution in [-0.2, 0) is 0 Å². The van der Waals surface area contributed by atoms with Gasteiger partial charge in [0, 0.05) is 13.8 Å². The van der Waals surface area contributed by atoms with Crippen LogP contribution in [0.1, 0.15) is 27.8 Å². The first kappa shape index (κ1) is 13.6. The molecule has 98 valence electrons. The van der Waals surface area contributed by atoms with Gasteiger partial charge in [0.05, 0.1) is 12.0 Å². The van der Waals surface area contributed by atoms with Gasteiger partial charge in [-0.3, -0.25) is 4.79 Å². The second-order valence-corrected chi connectivity index (χ2v) is 7.60. The number of Topliss-reactive ketones (excluding diaryl/α,β-unsaturated/α-hetero) is 1. The molecule has 1 aromatic heterocycles. The molecule has 1 aliphatic rings. The van der Waals surface area contributed by atoms with Gasteiger partial charge in [-0.2, -0.15) is 0 Å². The van der Waals surface area contributed by atoms with Crippen molar-refractivity contribution in [3.8, 4) is 5.75 Å². The first-order valence-corrected chi connectivity index (χ1v) is 8.27. The molecule has 0 aliphatic carbocycles. The molecule has 0 spiro atoms. The molecule has 3 rings (SSSR count). The van der Waals surface area contributed by atoms with Crippen LogP contribution < -0.4 is 4.74 Å². The quantitative estimate of drug-likeness (QED) is 0.595. The fraction of sp³-hybridized carbons (Fsp3) is 0.154. The third-order valence-corrected chi connectivity index (χ3v) is 5.93. The van der Waals surface area contributed by atoms with Crippen LogP contribution in [0.4, 0.5) is 0 Å². The van der Waals surface area contributed by atoms with Crippen LogP contribution in [0.5, 0.6) is 5.75 Å². The number of thiophene rings is 1. The molecule has 1 unspecified atom stereocenters. The average molecular weight is 423 g/mol. The molecule has 0 saturated carbocycles. The van der Waals surface area contributed by atoms with Crippen LogP contribution in [0, 0.1) is 0 Å². The predicted octanol–water partition coefficient (Wildman–Crippen LogP) is 5.63. The molecule has 6 heteroatoms. The number of ether oxygens (including phenoxy) is 1. The second-order valence-electron chi connectivity index (χ2n) is 4.14. The van der Waals surface area contributed by atoms with E-state index in [1.54, 1.807) is 6.07 Å². The first-order valence-electron chi connectivity index (χ1n) is 5.49. The van der Waals surface area contributed by atoms with Gasteiger partial charge < -0.3 is 4.74 Å². The van der Waals surface area contributed by atoms with E-state index in [2.05, 4.69) is 31.9 Å². The maximum Gasteiger partial charge on any atom is 0.170 e. The maximum absolute atomic E-state index is 12.1. The van der Waals surface area contributed by atoms with Crippen LogP contribution in [-0.4, -0.2) is 5.78 Å². The van der Waals surface area contributed by atoms with E-state index >= 15 is 0 Å². The zero-order valence-corrected chi connectivity index (χ0v) is 14.2. The predicted molar refractivity (Wildman–Crippen MR) is 83.5 cm³/mol. The van der Waals surface area contributed by atoms with E-state index in [0.717, 1.165) is 13.8 Å². The molecule has 19 heavy (non-hydrogen) atoms. The summed E-state index contributed by atoms with van der Waals surface area (Å²) < 4.78 is 8.32. The van der Waals surface area contributed by atoms with E-state index in [9.17, 15) is 4.79 Å². The SMILES string of the molecule is O=C1CC(c2cc(Br)c(Cl)s2)Oc2cc(Br)ccc21. The zero-order chi connectivity index (χ0) is 13.6. The van der Waals surface area contributed by atoms with Gasteiger partial charge in [0.1, 0.15) is 16.2 Å². The fourth-order valence-corrected chi connectivity index (χ4v) is 4.08. The minimum absolute atomic E-state index is 0.0967. The maximum atomic E-state index is 12.1. The van der Waals surface area contributed by atoms with Crippen LogP contribution in [0.25, 0.3) is 0 Å². The number of rotatable bonds is 1. The fourth-order valence-electron chi connectivity index (χ4n) is 1.98. The minimum atomic E-state index is -0.261. The number of hydrogen-bond acceptors (Lipinski definition) is 3. The Morgan fingerprint density at radius 1 is 1.32 bits per heavy atom. The molecule has 0 bridgehead atoms. The van der Waals surface area contributed by atoms with E-state index in [1.807, 2.05) is 18.2 Å². The highest BCUT2D eigenvalue weighted by molar-refractivity contribution is 9.10. The third-order valence-electron chi connectivity index (χ3n) is 2.87. The van der Waals surface area contributed by atoms with Gasteiger partial charge in [0.25, 0.3) is 0 Å². The Balaban J connectivity index is 1.98. The molecule has 0 amide bonds. The molecule has 0 N–H and O–H groups in total. The summed E-state index contributed by atoms with van der Waals surface area (Å²) in [7, 11) is 0. The molecule has 2 heterocycles. The van der Waals surface area contributed by atoms with Gasteiger partial charge >= 0.3 is 0 Å². The topological polar surface area (TPSA) is 26.3 Å². The van der Waals surface area contributed by atoms with Crippen LogP contribution in [0.2, 0.25) is 4.34 Å². The van der Waals surface area contributed by atoms with E-state index in [1.165, 1.54) is 11.3 Å². The van der Waals surface area contributed by atoms with Crippen molar-refractivity contribution in [1.82, 2.24) is 0 Å². The number of carbonyl (C=O) groups excluding carboxylic acids is 1. The normalized spacial score (nSPS) is 18.1. The smallest absolute Gasteiger partial charge is 0.170 e. The number of fused-ring (bicyclic) bond motifs is 1. The highest BCUT2D eigenvalue weighted by Crippen LogP contribution is 2.42. The Hall–Kier alpha value is -0.360. The van der Waals surface area contributed by atoms with Gasteiger partial charge in [-0.15, -0.1) is 11.3 Å². The van der Waals surface area contributed by atoms with Crippen molar-refractivity contribution in [3.05, 3.63) is 48.0 Å². The summed E-state index contributed by atoms with van der Waals surface area (Å²) in [6, 6.07) is 7.37. The summed E-state index contributed by atoms with van der Waals surface area (Å²) in [5.74, 6) is 0.718. The third kappa shape index (κ3) is 2.61. The molecule has 0 radical (unpaired) electrons. The lowest BCUT2D eigenvalue weighted by atomic mass is 10.00. The summed E-state index contributed by atoms with van der Waals surface area (Å²) in [6.07, 6.45) is 0.0841. The Labute approximate surface area is 136 Å². The van der Waals surface area contributed by atoms with E-state index in [-0.39, 0.29) is 11.9 Å². The molecule has 1 aliphatic heterocycles. The number of hydrogen-bond donors (Lipinski definition) is 0. The number of benzene rings is 1. The molecule has 0 fully saturated rings. The molecule has 1 atom stereocenters. The van der Waals surface area contributed by atoms with Gasteiger partial charge in [-0.05, 0) is 40.2 Å². The zero-order valence-electron chi connectivity index (χ0n) is 9.45. The Bertz CT molecular complexity index is 649. The largest absolute Gasteiger partial charge is 0.484 e. The highest BCUT2D eigenvalue weighted by Gasteiger charge is 2.29. The molecule has 1 aromatic carbocycles. The lowest BCUT2D eigenvalue weighted by Crippen LogP contribution is -2.19. The average Bonchev–Trinajstić information content (AvgIpc) is 2.69. The van der Waals surface area contributed by atoms with Crippen molar-refractivity contribution in [1.29, 1.82) is 0 Å². The Kier molecular flexibility index (Phi) is 3.73. The highest BCUT2D eigenvalue weighted by atomic mass is 79.9. The van der Waals surface area contributed by atoms with Crippen LogP contribution in [0.3, 0.4) is 0 Å². The van der Waals surface area contributed by atoms with Crippen molar-refractivity contribution >= 4 is 60.6 Å². The van der Waals surface area contributed by atoms with E-state index < -0.39 is 0 Å². The van der Waals surface area contributed by atoms with Crippen molar-refractivity contribution in [2.45, 2.75) is 12.5 Å². The number of ketones is 1. The molecule has 2 nitrogen and oxygen atoms in total. The van der Waals surface area contributed by atoms with E-state index in [0.29, 0.717) is 22.1 Å². The van der Waals surface area contributed by atoms with Crippen molar-refractivity contribution in [2.24, 2.45) is 0 Å². The monoisotopic (exact) mass is 420 g/mol. The summed E-state index contributed by atoms with van der Waals surface area (Å²) in [4.78, 5) is 13.1. The molecule has 2 aromatic rings. The van der Waals surface area contributed by atoms with Gasteiger partial charge in [-0.1, -0.05) is 27.5 Å². The standard InChI is InChI=1S/C13H7Br2ClO2S/c14-6-1-2-7-9(17)5-11(18-10(7)3-6)12-4-8(15)13(16)19-12/h1-4,11H,5H2. The van der Waals surface area contributed by atoms with Gasteiger partial charge in [0.2, 0.25) is 0 Å². The lowest BCUT2D eigenvalue weighted by Gasteiger charge is -2.24. The number of halogens is 3. The summed E-state index contributed by atoms with van der Waals surface area (Å²) in [5.41, 5.74) is 0.640. The van der Waals surface area contributed by atoms with Crippen LogP contribution >= 0.6 is 54.8 Å². The van der Waals surface area contributed by atoms with E-state index in [4.69, 9.17) is 16.3 Å². The number of carbonyl (C=O) groups is 1. The van der Waals surface area contributed by atoms with Crippen molar-refractivity contribution < 1.29 is 9.53 Å². The van der Waals surface area contributed by atoms with Crippen LogP contribution in [0.15, 0.2) is 33.2 Å². The first-order chi connectivity index (χ1) is 9.04. The Morgan fingerprint density at radius 2 is 2.11 bits per heavy atom. The van der Waals surface area contributed by atoms with Crippen molar-refractivity contribution in [2.75, 3.05) is 0 Å². The summed E-state index contributed by atoms with van der Waals surface area (Å²) >= 11 is 14.2. The van der Waals surface area contributed by atoms with Gasteiger partial charge in [-0.25, -0.2) is 0 Å². The summed E-state index contributed by atoms with van der Waals surface area (Å²) in [5, 5.41) is 0. The second kappa shape index (κ2) is 5.20. The van der Waals surface area contributed by atoms with Crippen molar-refractivity contribution in [3.63, 3.8) is 0 Å². The van der Waals surface area contributed by atoms with Gasteiger partial charge in [0.15, 0.2) is 5.78 Å². The molecular weight excluding hydrogens is 415 g/mol.